The monoisotopic (exact) mass is 308 g/mol. The summed E-state index contributed by atoms with van der Waals surface area (Å²) in [4.78, 5) is 12.7. The molecule has 4 rings (SSSR count). The topological polar surface area (TPSA) is 50.4 Å². The van der Waals surface area contributed by atoms with Crippen LogP contribution in [0.1, 0.15) is 29.9 Å². The summed E-state index contributed by atoms with van der Waals surface area (Å²) in [5.41, 5.74) is 4.32. The molecule has 2 aromatic rings. The number of carbonyl (C=O) groups is 1. The highest BCUT2D eigenvalue weighted by Crippen LogP contribution is 2.34. The molecule has 118 valence electrons. The number of aryl methyl sites for hydroxylation is 1. The van der Waals surface area contributed by atoms with Crippen molar-refractivity contribution < 1.29 is 9.53 Å². The van der Waals surface area contributed by atoms with Crippen LogP contribution >= 0.6 is 0 Å². The van der Waals surface area contributed by atoms with E-state index in [1.807, 2.05) is 30.3 Å². The molecule has 23 heavy (non-hydrogen) atoms. The fourth-order valence-corrected chi connectivity index (χ4v) is 3.40. The van der Waals surface area contributed by atoms with Gasteiger partial charge in [-0.15, -0.1) is 0 Å². The molecule has 0 radical (unpaired) electrons. The fraction of sp³-hybridized carbons (Fsp3) is 0.316. The molecule has 1 amide bonds. The Hall–Kier alpha value is -2.49. The maximum Gasteiger partial charge on any atom is 0.232 e. The van der Waals surface area contributed by atoms with Crippen LogP contribution in [0.2, 0.25) is 0 Å². The average molecular weight is 308 g/mol. The second-order valence-corrected chi connectivity index (χ2v) is 6.12. The maximum atomic E-state index is 12.7. The number of carbonyl (C=O) groups excluding carboxylic acids is 1. The first-order valence-electron chi connectivity index (χ1n) is 8.21. The van der Waals surface area contributed by atoms with Gasteiger partial charge >= 0.3 is 0 Å². The molecule has 2 aromatic carbocycles. The van der Waals surface area contributed by atoms with Gasteiger partial charge in [-0.25, -0.2) is 0 Å². The highest BCUT2D eigenvalue weighted by molar-refractivity contribution is 5.96. The number of hydrogen-bond donors (Lipinski definition) is 2. The molecular weight excluding hydrogens is 288 g/mol. The van der Waals surface area contributed by atoms with Crippen molar-refractivity contribution >= 4 is 17.3 Å². The van der Waals surface area contributed by atoms with Crippen LogP contribution < -0.4 is 15.4 Å². The second kappa shape index (κ2) is 5.95. The van der Waals surface area contributed by atoms with Crippen molar-refractivity contribution in [3.63, 3.8) is 0 Å². The van der Waals surface area contributed by atoms with Gasteiger partial charge in [0.05, 0.1) is 12.5 Å². The van der Waals surface area contributed by atoms with E-state index in [9.17, 15) is 4.79 Å². The number of rotatable bonds is 2. The molecule has 2 aliphatic rings. The molecule has 2 N–H and O–H groups in total. The predicted molar refractivity (Wildman–Crippen MR) is 91.2 cm³/mol. The molecule has 0 bridgehead atoms. The highest BCUT2D eigenvalue weighted by Gasteiger charge is 2.27. The molecule has 0 fully saturated rings. The normalized spacial score (nSPS) is 18.9. The number of amides is 1. The van der Waals surface area contributed by atoms with E-state index in [0.29, 0.717) is 6.61 Å². The molecular formula is C19H20N2O2. The van der Waals surface area contributed by atoms with Crippen LogP contribution in [0, 0.1) is 0 Å². The van der Waals surface area contributed by atoms with Gasteiger partial charge in [-0.1, -0.05) is 18.2 Å². The molecule has 0 saturated heterocycles. The first kappa shape index (κ1) is 14.1. The molecule has 0 aliphatic carbocycles. The molecule has 4 nitrogen and oxygen atoms in total. The van der Waals surface area contributed by atoms with Crippen LogP contribution in [-0.4, -0.2) is 19.1 Å². The van der Waals surface area contributed by atoms with Gasteiger partial charge in [0.15, 0.2) is 0 Å². The molecule has 0 spiro atoms. The number of hydrogen-bond acceptors (Lipinski definition) is 3. The largest absolute Gasteiger partial charge is 0.493 e. The van der Waals surface area contributed by atoms with E-state index >= 15 is 0 Å². The van der Waals surface area contributed by atoms with Gasteiger partial charge in [-0.3, -0.25) is 4.79 Å². The molecule has 4 heteroatoms. The smallest absolute Gasteiger partial charge is 0.232 e. The average Bonchev–Trinajstić information content (AvgIpc) is 2.61. The first-order valence-corrected chi connectivity index (χ1v) is 8.21. The summed E-state index contributed by atoms with van der Waals surface area (Å²) >= 11 is 0. The maximum absolute atomic E-state index is 12.7. The van der Waals surface area contributed by atoms with Crippen LogP contribution in [0.25, 0.3) is 0 Å². The Bertz CT molecular complexity index is 742. The molecule has 2 heterocycles. The van der Waals surface area contributed by atoms with E-state index in [1.165, 1.54) is 11.3 Å². The Labute approximate surface area is 135 Å². The Balaban J connectivity index is 1.55. The summed E-state index contributed by atoms with van der Waals surface area (Å²) in [5.74, 6) is 0.729. The minimum atomic E-state index is -0.144. The Morgan fingerprint density at radius 3 is 3.09 bits per heavy atom. The standard InChI is InChI=1S/C19H20N2O2/c22-19(16-9-11-23-18-6-2-1-5-15(16)18)21-14-7-8-17-13(12-14)4-3-10-20-17/h1-2,5-8,12,16,20H,3-4,9-11H2,(H,21,22)/t16-/m0/s1. The number of benzene rings is 2. The quantitative estimate of drug-likeness (QED) is 0.892. The van der Waals surface area contributed by atoms with Crippen LogP contribution in [-0.2, 0) is 11.2 Å². The fourth-order valence-electron chi connectivity index (χ4n) is 3.40. The Morgan fingerprint density at radius 2 is 2.13 bits per heavy atom. The van der Waals surface area contributed by atoms with E-state index in [2.05, 4.69) is 22.8 Å². The van der Waals surface area contributed by atoms with E-state index in [-0.39, 0.29) is 11.8 Å². The number of nitrogens with one attached hydrogen (secondary N) is 2. The minimum Gasteiger partial charge on any atom is -0.493 e. The van der Waals surface area contributed by atoms with Crippen molar-refractivity contribution in [1.82, 2.24) is 0 Å². The van der Waals surface area contributed by atoms with Crippen molar-refractivity contribution in [2.45, 2.75) is 25.2 Å². The summed E-state index contributed by atoms with van der Waals surface area (Å²) in [6, 6.07) is 13.9. The van der Waals surface area contributed by atoms with Crippen LogP contribution in [0.15, 0.2) is 42.5 Å². The van der Waals surface area contributed by atoms with E-state index in [0.717, 1.165) is 42.8 Å². The van der Waals surface area contributed by atoms with Crippen LogP contribution in [0.5, 0.6) is 5.75 Å². The lowest BCUT2D eigenvalue weighted by Crippen LogP contribution is -2.26. The zero-order valence-electron chi connectivity index (χ0n) is 13.0. The van der Waals surface area contributed by atoms with E-state index in [1.54, 1.807) is 0 Å². The third-order valence-corrected chi connectivity index (χ3v) is 4.59. The van der Waals surface area contributed by atoms with Gasteiger partial charge in [-0.05, 0) is 49.1 Å². The lowest BCUT2D eigenvalue weighted by Gasteiger charge is -2.25. The second-order valence-electron chi connectivity index (χ2n) is 6.12. The Morgan fingerprint density at radius 1 is 1.22 bits per heavy atom. The van der Waals surface area contributed by atoms with E-state index in [4.69, 9.17) is 4.74 Å². The zero-order chi connectivity index (χ0) is 15.6. The van der Waals surface area contributed by atoms with Crippen molar-refractivity contribution in [2.75, 3.05) is 23.8 Å². The molecule has 0 saturated carbocycles. The molecule has 2 aliphatic heterocycles. The number of fused-ring (bicyclic) bond motifs is 2. The summed E-state index contributed by atoms with van der Waals surface area (Å²) in [5, 5.41) is 6.47. The zero-order valence-corrected chi connectivity index (χ0v) is 13.0. The van der Waals surface area contributed by atoms with Gasteiger partial charge in [0, 0.05) is 23.5 Å². The lowest BCUT2D eigenvalue weighted by atomic mass is 9.92. The van der Waals surface area contributed by atoms with Crippen molar-refractivity contribution in [3.05, 3.63) is 53.6 Å². The molecule has 0 unspecified atom stereocenters. The van der Waals surface area contributed by atoms with Crippen molar-refractivity contribution in [1.29, 1.82) is 0 Å². The lowest BCUT2D eigenvalue weighted by molar-refractivity contribution is -0.118. The third kappa shape index (κ3) is 2.77. The van der Waals surface area contributed by atoms with Crippen molar-refractivity contribution in [2.24, 2.45) is 0 Å². The third-order valence-electron chi connectivity index (χ3n) is 4.59. The summed E-state index contributed by atoms with van der Waals surface area (Å²) in [7, 11) is 0. The summed E-state index contributed by atoms with van der Waals surface area (Å²) < 4.78 is 5.64. The van der Waals surface area contributed by atoms with Gasteiger partial charge in [0.25, 0.3) is 0 Å². The van der Waals surface area contributed by atoms with E-state index < -0.39 is 0 Å². The summed E-state index contributed by atoms with van der Waals surface area (Å²) in [6.45, 7) is 1.61. The van der Waals surface area contributed by atoms with Crippen LogP contribution in [0.3, 0.4) is 0 Å². The molecule has 0 aromatic heterocycles. The first-order chi connectivity index (χ1) is 11.3. The summed E-state index contributed by atoms with van der Waals surface area (Å²) in [6.07, 6.45) is 2.92. The Kier molecular flexibility index (Phi) is 3.66. The SMILES string of the molecule is O=C(Nc1ccc2c(c1)CCCN2)[C@H]1CCOc2ccccc21. The van der Waals surface area contributed by atoms with Gasteiger partial charge in [0.2, 0.25) is 5.91 Å². The number of anilines is 2. The van der Waals surface area contributed by atoms with Gasteiger partial charge in [0.1, 0.15) is 5.75 Å². The molecule has 1 atom stereocenters. The van der Waals surface area contributed by atoms with Crippen LogP contribution in [0.4, 0.5) is 11.4 Å². The number of para-hydroxylation sites is 1. The number of ether oxygens (including phenoxy) is 1. The van der Waals surface area contributed by atoms with Gasteiger partial charge in [-0.2, -0.15) is 0 Å². The highest BCUT2D eigenvalue weighted by atomic mass is 16.5. The van der Waals surface area contributed by atoms with Gasteiger partial charge < -0.3 is 15.4 Å². The minimum absolute atomic E-state index is 0.0458. The van der Waals surface area contributed by atoms with Crippen molar-refractivity contribution in [3.8, 4) is 5.75 Å². The predicted octanol–water partition coefficient (Wildman–Crippen LogP) is 3.55.